The molecule has 0 bridgehead atoms. The fraction of sp³-hybridized carbons (Fsp3) is 0.789. The molecule has 0 fully saturated rings. The van der Waals surface area contributed by atoms with E-state index in [2.05, 4.69) is 32.9 Å². The molecule has 140 valence electrons. The fourth-order valence-electron chi connectivity index (χ4n) is 2.57. The first kappa shape index (κ1) is 21.6. The zero-order valence-electron chi connectivity index (χ0n) is 15.8. The van der Waals surface area contributed by atoms with E-state index in [0.29, 0.717) is 39.6 Å². The highest BCUT2D eigenvalue weighted by Gasteiger charge is 2.30. The summed E-state index contributed by atoms with van der Waals surface area (Å²) in [5.74, 6) is 0. The normalized spacial score (nSPS) is 12.0. The van der Waals surface area contributed by atoms with Crippen LogP contribution in [0.15, 0.2) is 12.1 Å². The SMILES string of the molecule is CCOCCOCCOCCOC(CC)(CC)c1ccc(CC)s1. The second kappa shape index (κ2) is 12.8. The Hall–Kier alpha value is -0.460. The van der Waals surface area contributed by atoms with Crippen LogP contribution in [0.1, 0.15) is 50.3 Å². The molecule has 1 heterocycles. The Balaban J connectivity index is 2.24. The number of hydrogen-bond donors (Lipinski definition) is 0. The van der Waals surface area contributed by atoms with Crippen molar-refractivity contribution in [3.63, 3.8) is 0 Å². The molecule has 0 saturated carbocycles. The van der Waals surface area contributed by atoms with Gasteiger partial charge in [-0.2, -0.15) is 0 Å². The second-order valence-corrected chi connectivity index (χ2v) is 6.76. The van der Waals surface area contributed by atoms with Gasteiger partial charge in [0.25, 0.3) is 0 Å². The zero-order chi connectivity index (χ0) is 17.7. The molecule has 0 spiro atoms. The summed E-state index contributed by atoms with van der Waals surface area (Å²) in [5, 5.41) is 0. The summed E-state index contributed by atoms with van der Waals surface area (Å²) in [6.45, 7) is 13.0. The van der Waals surface area contributed by atoms with E-state index in [4.69, 9.17) is 18.9 Å². The predicted molar refractivity (Wildman–Crippen MR) is 100 cm³/mol. The Morgan fingerprint density at radius 2 is 1.38 bits per heavy atom. The molecule has 0 aliphatic rings. The van der Waals surface area contributed by atoms with E-state index in [1.807, 2.05) is 18.3 Å². The Bertz CT molecular complexity index is 415. The van der Waals surface area contributed by atoms with Gasteiger partial charge in [-0.1, -0.05) is 20.8 Å². The average molecular weight is 359 g/mol. The van der Waals surface area contributed by atoms with E-state index in [1.54, 1.807) is 0 Å². The van der Waals surface area contributed by atoms with Crippen LogP contribution in [0.5, 0.6) is 0 Å². The smallest absolute Gasteiger partial charge is 0.102 e. The zero-order valence-corrected chi connectivity index (χ0v) is 16.6. The molecule has 24 heavy (non-hydrogen) atoms. The standard InChI is InChI=1S/C19H34O4S/c1-5-17-9-10-18(24-17)19(6-2,7-3)23-16-15-22-14-13-21-12-11-20-8-4/h9-10H,5-8,11-16H2,1-4H3. The average Bonchev–Trinajstić information content (AvgIpc) is 3.10. The van der Waals surface area contributed by atoms with Crippen LogP contribution in [0.2, 0.25) is 0 Å². The third-order valence-corrected chi connectivity index (χ3v) is 5.57. The van der Waals surface area contributed by atoms with Gasteiger partial charge in [0.2, 0.25) is 0 Å². The second-order valence-electron chi connectivity index (χ2n) is 5.59. The number of thiophene rings is 1. The van der Waals surface area contributed by atoms with Crippen molar-refractivity contribution in [2.45, 2.75) is 52.6 Å². The van der Waals surface area contributed by atoms with Crippen molar-refractivity contribution in [2.24, 2.45) is 0 Å². The maximum absolute atomic E-state index is 6.26. The van der Waals surface area contributed by atoms with Gasteiger partial charge in [0.05, 0.1) is 39.6 Å². The van der Waals surface area contributed by atoms with Gasteiger partial charge in [-0.05, 0) is 38.3 Å². The summed E-state index contributed by atoms with van der Waals surface area (Å²) in [7, 11) is 0. The summed E-state index contributed by atoms with van der Waals surface area (Å²) in [6, 6.07) is 4.45. The van der Waals surface area contributed by atoms with Gasteiger partial charge in [-0.25, -0.2) is 0 Å². The highest BCUT2D eigenvalue weighted by molar-refractivity contribution is 7.12. The Labute approximate surface area is 151 Å². The predicted octanol–water partition coefficient (Wildman–Crippen LogP) is 4.41. The van der Waals surface area contributed by atoms with Crippen LogP contribution in [0.3, 0.4) is 0 Å². The number of rotatable bonds is 15. The molecule has 0 N–H and O–H groups in total. The summed E-state index contributed by atoms with van der Waals surface area (Å²) in [5.41, 5.74) is -0.171. The van der Waals surface area contributed by atoms with Gasteiger partial charge in [0, 0.05) is 16.4 Å². The minimum absolute atomic E-state index is 0.171. The third kappa shape index (κ3) is 7.19. The molecule has 0 aliphatic carbocycles. The molecule has 0 saturated heterocycles. The molecular formula is C19H34O4S. The van der Waals surface area contributed by atoms with E-state index in [9.17, 15) is 0 Å². The minimum atomic E-state index is -0.171. The van der Waals surface area contributed by atoms with Gasteiger partial charge in [-0.3, -0.25) is 0 Å². The topological polar surface area (TPSA) is 36.9 Å². The lowest BCUT2D eigenvalue weighted by Crippen LogP contribution is -2.29. The van der Waals surface area contributed by atoms with Crippen molar-refractivity contribution in [1.82, 2.24) is 0 Å². The first-order valence-electron chi connectivity index (χ1n) is 9.18. The first-order chi connectivity index (χ1) is 11.7. The summed E-state index contributed by atoms with van der Waals surface area (Å²) >= 11 is 1.87. The lowest BCUT2D eigenvalue weighted by molar-refractivity contribution is -0.0798. The van der Waals surface area contributed by atoms with Gasteiger partial charge >= 0.3 is 0 Å². The molecule has 0 radical (unpaired) electrons. The van der Waals surface area contributed by atoms with Crippen LogP contribution in [0, 0.1) is 0 Å². The molecule has 0 atom stereocenters. The van der Waals surface area contributed by atoms with Gasteiger partial charge in [0.1, 0.15) is 5.60 Å². The molecule has 0 unspecified atom stereocenters. The summed E-state index contributed by atoms with van der Waals surface area (Å²) in [4.78, 5) is 2.75. The summed E-state index contributed by atoms with van der Waals surface area (Å²) < 4.78 is 22.5. The molecule has 5 heteroatoms. The van der Waals surface area contributed by atoms with Crippen LogP contribution >= 0.6 is 11.3 Å². The Kier molecular flexibility index (Phi) is 11.5. The minimum Gasteiger partial charge on any atom is -0.379 e. The number of ether oxygens (including phenoxy) is 4. The van der Waals surface area contributed by atoms with Crippen molar-refractivity contribution < 1.29 is 18.9 Å². The molecule has 0 aliphatic heterocycles. The molecule has 1 rings (SSSR count). The van der Waals surface area contributed by atoms with Crippen LogP contribution in [-0.4, -0.2) is 46.2 Å². The van der Waals surface area contributed by atoms with Gasteiger partial charge < -0.3 is 18.9 Å². The van der Waals surface area contributed by atoms with Gasteiger partial charge in [0.15, 0.2) is 0 Å². The highest BCUT2D eigenvalue weighted by Crippen LogP contribution is 2.37. The molecule has 4 nitrogen and oxygen atoms in total. The molecule has 1 aromatic heterocycles. The van der Waals surface area contributed by atoms with Crippen LogP contribution in [0.25, 0.3) is 0 Å². The molecular weight excluding hydrogens is 324 g/mol. The van der Waals surface area contributed by atoms with E-state index < -0.39 is 0 Å². The van der Waals surface area contributed by atoms with Gasteiger partial charge in [-0.15, -0.1) is 11.3 Å². The Morgan fingerprint density at radius 1 is 0.792 bits per heavy atom. The lowest BCUT2D eigenvalue weighted by Gasteiger charge is -2.31. The lowest BCUT2D eigenvalue weighted by atomic mass is 9.95. The van der Waals surface area contributed by atoms with Crippen LogP contribution in [0.4, 0.5) is 0 Å². The molecule has 1 aromatic rings. The van der Waals surface area contributed by atoms with E-state index in [0.717, 1.165) is 25.9 Å². The van der Waals surface area contributed by atoms with Crippen molar-refractivity contribution >= 4 is 11.3 Å². The van der Waals surface area contributed by atoms with Crippen molar-refractivity contribution in [3.8, 4) is 0 Å². The van der Waals surface area contributed by atoms with E-state index >= 15 is 0 Å². The highest BCUT2D eigenvalue weighted by atomic mass is 32.1. The Morgan fingerprint density at radius 3 is 1.88 bits per heavy atom. The monoisotopic (exact) mass is 358 g/mol. The number of aryl methyl sites for hydroxylation is 1. The van der Waals surface area contributed by atoms with Crippen molar-refractivity contribution in [2.75, 3.05) is 46.2 Å². The van der Waals surface area contributed by atoms with Crippen molar-refractivity contribution in [3.05, 3.63) is 21.9 Å². The van der Waals surface area contributed by atoms with E-state index in [1.165, 1.54) is 9.75 Å². The third-order valence-electron chi connectivity index (χ3n) is 4.16. The molecule has 0 amide bonds. The fourth-order valence-corrected chi connectivity index (χ4v) is 3.80. The van der Waals surface area contributed by atoms with Crippen LogP contribution in [-0.2, 0) is 31.0 Å². The maximum Gasteiger partial charge on any atom is 0.102 e. The van der Waals surface area contributed by atoms with Crippen LogP contribution < -0.4 is 0 Å². The molecule has 0 aromatic carbocycles. The summed E-state index contributed by atoms with van der Waals surface area (Å²) in [6.07, 6.45) is 3.04. The van der Waals surface area contributed by atoms with Crippen molar-refractivity contribution in [1.29, 1.82) is 0 Å². The maximum atomic E-state index is 6.26. The first-order valence-corrected chi connectivity index (χ1v) is 10.00. The van der Waals surface area contributed by atoms with E-state index in [-0.39, 0.29) is 5.60 Å². The number of hydrogen-bond acceptors (Lipinski definition) is 5. The largest absolute Gasteiger partial charge is 0.379 e. The quantitative estimate of drug-likeness (QED) is 0.435.